The number of β-amino-alcohol motifs (C(OH)–C–C–N with tert-alkyl or cyclic N) is 1. The second-order valence-electron chi connectivity index (χ2n) is 9.24. The Kier molecular flexibility index (Phi) is 9.77. The molecule has 190 valence electrons. The third-order valence-corrected chi connectivity index (χ3v) is 6.75. The Bertz CT molecular complexity index is 1020. The van der Waals surface area contributed by atoms with Crippen LogP contribution in [0.1, 0.15) is 45.1 Å². The molecule has 5 N–H and O–H groups in total. The topological polar surface area (TPSA) is 125 Å². The van der Waals surface area contributed by atoms with Crippen LogP contribution in [-0.2, 0) is 20.8 Å². The lowest BCUT2D eigenvalue weighted by atomic mass is 9.96. The molecule has 0 saturated carbocycles. The minimum absolute atomic E-state index is 0.201. The summed E-state index contributed by atoms with van der Waals surface area (Å²) in [5.74, 6) is -1.56. The fourth-order valence-electron chi connectivity index (χ4n) is 4.65. The number of imide groups is 1. The molecule has 0 aromatic heterocycles. The molecule has 8 heteroatoms. The number of fused-ring (bicyclic) bond motifs is 1. The van der Waals surface area contributed by atoms with Gasteiger partial charge < -0.3 is 21.5 Å². The molecular weight excluding hydrogens is 444 g/mol. The Morgan fingerprint density at radius 3 is 2.49 bits per heavy atom. The molecule has 8 nitrogen and oxygen atoms in total. The summed E-state index contributed by atoms with van der Waals surface area (Å²) >= 11 is 0. The monoisotopic (exact) mass is 482 g/mol. The van der Waals surface area contributed by atoms with Crippen LogP contribution in [0.4, 0.5) is 0 Å². The summed E-state index contributed by atoms with van der Waals surface area (Å²) in [5.41, 5.74) is 6.45. The highest BCUT2D eigenvalue weighted by molar-refractivity contribution is 6.03. The molecule has 35 heavy (non-hydrogen) atoms. The number of aliphatic hydroxyl groups is 1. The van der Waals surface area contributed by atoms with Crippen molar-refractivity contribution >= 4 is 28.5 Å². The fourth-order valence-corrected chi connectivity index (χ4v) is 4.65. The number of carbonyl (C=O) groups is 3. The second kappa shape index (κ2) is 12.8. The van der Waals surface area contributed by atoms with Gasteiger partial charge in [-0.3, -0.25) is 19.3 Å². The van der Waals surface area contributed by atoms with E-state index in [1.54, 1.807) is 0 Å². The minimum atomic E-state index is -1.01. The zero-order valence-corrected chi connectivity index (χ0v) is 20.7. The van der Waals surface area contributed by atoms with E-state index in [1.807, 2.05) is 56.3 Å². The molecule has 1 aliphatic heterocycles. The van der Waals surface area contributed by atoms with Crippen molar-refractivity contribution in [2.75, 3.05) is 19.6 Å². The second-order valence-corrected chi connectivity index (χ2v) is 9.24. The van der Waals surface area contributed by atoms with Gasteiger partial charge >= 0.3 is 0 Å². The predicted molar refractivity (Wildman–Crippen MR) is 136 cm³/mol. The lowest BCUT2D eigenvalue weighted by Gasteiger charge is -2.33. The van der Waals surface area contributed by atoms with Gasteiger partial charge in [-0.05, 0) is 48.6 Å². The number of nitrogens with one attached hydrogen (secondary N) is 2. The first-order valence-corrected chi connectivity index (χ1v) is 12.6. The number of nitrogens with zero attached hydrogens (tertiary/aromatic N) is 1. The Morgan fingerprint density at radius 2 is 1.86 bits per heavy atom. The van der Waals surface area contributed by atoms with Gasteiger partial charge in [0.2, 0.25) is 17.7 Å². The Balaban J connectivity index is 1.99. The van der Waals surface area contributed by atoms with Gasteiger partial charge in [-0.25, -0.2) is 0 Å². The molecule has 0 radical (unpaired) electrons. The maximum absolute atomic E-state index is 13.7. The fraction of sp³-hybridized carbons (Fsp3) is 0.519. The van der Waals surface area contributed by atoms with E-state index in [9.17, 15) is 19.5 Å². The number of hydrogen-bond acceptors (Lipinski definition) is 6. The zero-order chi connectivity index (χ0) is 25.4. The van der Waals surface area contributed by atoms with E-state index in [2.05, 4.69) is 10.6 Å². The first kappa shape index (κ1) is 26.8. The average Bonchev–Trinajstić information content (AvgIpc) is 3.30. The van der Waals surface area contributed by atoms with Crippen molar-refractivity contribution in [3.63, 3.8) is 0 Å². The summed E-state index contributed by atoms with van der Waals surface area (Å²) in [7, 11) is 0. The van der Waals surface area contributed by atoms with Crippen LogP contribution in [0.3, 0.4) is 0 Å². The number of aliphatic hydroxyl groups excluding tert-OH is 1. The molecular formula is C27H38N4O4. The Hall–Kier alpha value is -2.81. The van der Waals surface area contributed by atoms with Crippen LogP contribution >= 0.6 is 0 Å². The van der Waals surface area contributed by atoms with Crippen LogP contribution in [0, 0.1) is 5.92 Å². The van der Waals surface area contributed by atoms with E-state index in [1.165, 1.54) is 4.90 Å². The molecule has 0 spiro atoms. The van der Waals surface area contributed by atoms with Gasteiger partial charge in [-0.1, -0.05) is 56.3 Å². The van der Waals surface area contributed by atoms with Crippen molar-refractivity contribution in [1.29, 1.82) is 0 Å². The van der Waals surface area contributed by atoms with Crippen LogP contribution in [0.25, 0.3) is 10.8 Å². The highest BCUT2D eigenvalue weighted by Crippen LogP contribution is 2.23. The van der Waals surface area contributed by atoms with Crippen LogP contribution in [0.15, 0.2) is 42.5 Å². The SMILES string of the molecule is CCC(CC)C(=O)N(C(=O)[C@@H]1C[C@@H](O)CN1)[C@H](Cc1ccc2ccccc2c1)C(=O)NCCCN. The van der Waals surface area contributed by atoms with Crippen molar-refractivity contribution in [2.45, 2.75) is 64.1 Å². The molecule has 1 aliphatic rings. The molecule has 3 amide bonds. The maximum atomic E-state index is 13.7. The van der Waals surface area contributed by atoms with Gasteiger partial charge in [0, 0.05) is 25.4 Å². The highest BCUT2D eigenvalue weighted by atomic mass is 16.3. The number of carbonyl (C=O) groups excluding carboxylic acids is 3. The Morgan fingerprint density at radius 1 is 1.14 bits per heavy atom. The summed E-state index contributed by atoms with van der Waals surface area (Å²) in [4.78, 5) is 42.0. The van der Waals surface area contributed by atoms with Gasteiger partial charge in [-0.2, -0.15) is 0 Å². The molecule has 1 heterocycles. The van der Waals surface area contributed by atoms with Crippen molar-refractivity contribution in [3.8, 4) is 0 Å². The number of nitrogens with two attached hydrogens (primary N) is 1. The van der Waals surface area contributed by atoms with E-state index in [0.717, 1.165) is 16.3 Å². The quantitative estimate of drug-likeness (QED) is 0.362. The molecule has 3 rings (SSSR count). The molecule has 3 atom stereocenters. The number of rotatable bonds is 11. The summed E-state index contributed by atoms with van der Waals surface area (Å²) < 4.78 is 0. The standard InChI is InChI=1S/C27H38N4O4/c1-3-19(4-2)26(34)31(27(35)23-16-22(32)17-30-23)24(25(33)29-13-7-12-28)15-18-10-11-20-8-5-6-9-21(20)14-18/h5-6,8-11,14,19,22-24,30,32H,3-4,7,12-13,15-17,28H2,1-2H3,(H,29,33)/t22-,23+,24-/m1/s1. The molecule has 0 aliphatic carbocycles. The minimum Gasteiger partial charge on any atom is -0.392 e. The van der Waals surface area contributed by atoms with Crippen LogP contribution in [-0.4, -0.2) is 65.5 Å². The van der Waals surface area contributed by atoms with E-state index in [0.29, 0.717) is 32.4 Å². The van der Waals surface area contributed by atoms with Crippen molar-refractivity contribution < 1.29 is 19.5 Å². The zero-order valence-electron chi connectivity index (χ0n) is 20.7. The van der Waals surface area contributed by atoms with Crippen LogP contribution in [0.5, 0.6) is 0 Å². The lowest BCUT2D eigenvalue weighted by Crippen LogP contribution is -2.58. The van der Waals surface area contributed by atoms with Gasteiger partial charge in [0.25, 0.3) is 0 Å². The summed E-state index contributed by atoms with van der Waals surface area (Å²) in [6, 6.07) is 12.1. The molecule has 0 bridgehead atoms. The predicted octanol–water partition coefficient (Wildman–Crippen LogP) is 1.73. The molecule has 2 aromatic rings. The van der Waals surface area contributed by atoms with E-state index in [4.69, 9.17) is 5.73 Å². The number of hydrogen-bond donors (Lipinski definition) is 4. The summed E-state index contributed by atoms with van der Waals surface area (Å²) in [6.07, 6.45) is 1.48. The van der Waals surface area contributed by atoms with E-state index in [-0.39, 0.29) is 37.1 Å². The van der Waals surface area contributed by atoms with Gasteiger partial charge in [0.15, 0.2) is 0 Å². The summed E-state index contributed by atoms with van der Waals surface area (Å²) in [5, 5.41) is 18.0. The lowest BCUT2D eigenvalue weighted by molar-refractivity contribution is -0.155. The van der Waals surface area contributed by atoms with Gasteiger partial charge in [0.05, 0.1) is 12.1 Å². The highest BCUT2D eigenvalue weighted by Gasteiger charge is 2.41. The first-order valence-electron chi connectivity index (χ1n) is 12.6. The third-order valence-electron chi connectivity index (χ3n) is 6.75. The number of benzene rings is 2. The van der Waals surface area contributed by atoms with E-state index < -0.39 is 24.1 Å². The van der Waals surface area contributed by atoms with Crippen molar-refractivity contribution in [3.05, 3.63) is 48.0 Å². The largest absolute Gasteiger partial charge is 0.392 e. The average molecular weight is 483 g/mol. The normalized spacial score (nSPS) is 18.5. The van der Waals surface area contributed by atoms with Crippen molar-refractivity contribution in [1.82, 2.24) is 15.5 Å². The Labute approximate surface area is 207 Å². The van der Waals surface area contributed by atoms with Gasteiger partial charge in [-0.15, -0.1) is 0 Å². The third kappa shape index (κ3) is 6.66. The maximum Gasteiger partial charge on any atom is 0.247 e. The molecule has 2 aromatic carbocycles. The van der Waals surface area contributed by atoms with Gasteiger partial charge in [0.1, 0.15) is 6.04 Å². The summed E-state index contributed by atoms with van der Waals surface area (Å²) in [6.45, 7) is 4.89. The molecule has 0 unspecified atom stereocenters. The molecule has 1 fully saturated rings. The first-order chi connectivity index (χ1) is 16.9. The van der Waals surface area contributed by atoms with Crippen LogP contribution in [0.2, 0.25) is 0 Å². The van der Waals surface area contributed by atoms with E-state index >= 15 is 0 Å². The molecule has 1 saturated heterocycles. The van der Waals surface area contributed by atoms with Crippen LogP contribution < -0.4 is 16.4 Å². The smallest absolute Gasteiger partial charge is 0.247 e. The number of amides is 3. The van der Waals surface area contributed by atoms with Crippen molar-refractivity contribution in [2.24, 2.45) is 11.7 Å².